The van der Waals surface area contributed by atoms with E-state index in [-0.39, 0.29) is 48.6 Å². The van der Waals surface area contributed by atoms with Crippen molar-refractivity contribution in [3.63, 3.8) is 0 Å². The van der Waals surface area contributed by atoms with Crippen LogP contribution in [0.4, 0.5) is 0 Å². The predicted molar refractivity (Wildman–Crippen MR) is 172 cm³/mol. The number of fused-ring (bicyclic) bond motifs is 5. The minimum atomic E-state index is -1.12. The summed E-state index contributed by atoms with van der Waals surface area (Å²) in [5, 5.41) is 12.7. The van der Waals surface area contributed by atoms with Gasteiger partial charge in [0.1, 0.15) is 17.3 Å². The first-order valence-corrected chi connectivity index (χ1v) is 15.9. The van der Waals surface area contributed by atoms with Crippen molar-refractivity contribution in [2.75, 3.05) is 27.3 Å². The SMILES string of the molecule is CCCc1cc(C(=O)N2CCNC(=O)[C@@H](CC(C)C)NC(=O)C3(CC3)NC(=O)c3cncc(c3)-c3cc(cc(OC)c3OC)C2)no1. The Bertz CT molecular complexity index is 1650. The second-order valence-corrected chi connectivity index (χ2v) is 12.5. The van der Waals surface area contributed by atoms with Crippen molar-refractivity contribution in [2.45, 2.75) is 71.0 Å². The third-order valence-corrected chi connectivity index (χ3v) is 8.33. The molecule has 1 spiro atoms. The largest absolute Gasteiger partial charge is 0.493 e. The normalized spacial score (nSPS) is 18.1. The average Bonchev–Trinajstić information content (AvgIpc) is 3.69. The van der Waals surface area contributed by atoms with Gasteiger partial charge in [-0.15, -0.1) is 0 Å². The first kappa shape index (κ1) is 33.4. The zero-order chi connectivity index (χ0) is 33.7. The van der Waals surface area contributed by atoms with Gasteiger partial charge in [0.2, 0.25) is 11.8 Å². The van der Waals surface area contributed by atoms with Gasteiger partial charge in [-0.3, -0.25) is 24.2 Å². The number of ether oxygens (including phenoxy) is 2. The Labute approximate surface area is 273 Å². The van der Waals surface area contributed by atoms with E-state index in [0.717, 1.165) is 6.42 Å². The summed E-state index contributed by atoms with van der Waals surface area (Å²) in [6, 6.07) is 6.11. The molecular weight excluding hydrogens is 604 g/mol. The van der Waals surface area contributed by atoms with Crippen molar-refractivity contribution < 1.29 is 33.2 Å². The lowest BCUT2D eigenvalue weighted by molar-refractivity contribution is -0.130. The molecule has 5 rings (SSSR count). The molecule has 3 heterocycles. The molecule has 1 aliphatic heterocycles. The van der Waals surface area contributed by atoms with Crippen molar-refractivity contribution in [1.82, 2.24) is 31.0 Å². The van der Waals surface area contributed by atoms with Crippen molar-refractivity contribution in [3.8, 4) is 22.6 Å². The molecular formula is C34H42N6O7. The highest BCUT2D eigenvalue weighted by molar-refractivity contribution is 6.02. The number of benzene rings is 1. The fraction of sp³-hybridized carbons (Fsp3) is 0.471. The van der Waals surface area contributed by atoms with Crippen LogP contribution in [0.15, 0.2) is 41.2 Å². The van der Waals surface area contributed by atoms with E-state index in [2.05, 4.69) is 26.1 Å². The number of nitrogens with one attached hydrogen (secondary N) is 3. The van der Waals surface area contributed by atoms with Gasteiger partial charge >= 0.3 is 0 Å². The smallest absolute Gasteiger partial charge is 0.276 e. The van der Waals surface area contributed by atoms with E-state index in [1.165, 1.54) is 20.4 Å². The van der Waals surface area contributed by atoms with Crippen molar-refractivity contribution in [2.24, 2.45) is 5.92 Å². The van der Waals surface area contributed by atoms with E-state index >= 15 is 0 Å². The zero-order valence-electron chi connectivity index (χ0n) is 27.5. The lowest BCUT2D eigenvalue weighted by Crippen LogP contribution is -2.56. The second kappa shape index (κ2) is 14.2. The molecule has 1 saturated carbocycles. The number of pyridine rings is 1. The maximum atomic E-state index is 13.8. The number of nitrogens with zero attached hydrogens (tertiary/aromatic N) is 3. The fourth-order valence-electron chi connectivity index (χ4n) is 5.71. The summed E-state index contributed by atoms with van der Waals surface area (Å²) in [6.07, 6.45) is 5.79. The van der Waals surface area contributed by atoms with Crippen LogP contribution in [-0.4, -0.2) is 77.6 Å². The van der Waals surface area contributed by atoms with Crippen LogP contribution in [0.1, 0.15) is 78.6 Å². The molecule has 0 saturated heterocycles. The Balaban J connectivity index is 1.57. The van der Waals surface area contributed by atoms with Gasteiger partial charge in [0.25, 0.3) is 11.8 Å². The lowest BCUT2D eigenvalue weighted by atomic mass is 10.00. The summed E-state index contributed by atoms with van der Waals surface area (Å²) in [4.78, 5) is 60.1. The van der Waals surface area contributed by atoms with Crippen LogP contribution >= 0.6 is 0 Å². The standard InChI is InChI=1S/C34H42N6O7/c1-6-7-24-16-27(39-47-24)32(43)40-11-10-36-31(42)26(12-20(2)3)37-33(44)34(8-9-34)38-30(41)23-15-22(17-35-18-23)25-13-21(19-40)14-28(45-4)29(25)46-5/h13-18,20,26H,6-12,19H2,1-5H3,(H,36,42)(H,37,44)(H,38,41)/t26-/m1/s1. The summed E-state index contributed by atoms with van der Waals surface area (Å²) < 4.78 is 16.8. The van der Waals surface area contributed by atoms with Crippen LogP contribution in [0.5, 0.6) is 11.5 Å². The lowest BCUT2D eigenvalue weighted by Gasteiger charge is -2.26. The first-order chi connectivity index (χ1) is 22.6. The molecule has 2 aliphatic rings. The number of carbonyl (C=O) groups excluding carboxylic acids is 4. The fourth-order valence-corrected chi connectivity index (χ4v) is 5.71. The number of carbonyl (C=O) groups is 4. The Hall–Kier alpha value is -4.94. The maximum absolute atomic E-state index is 13.8. The number of aryl methyl sites for hydroxylation is 1. The molecule has 1 atom stereocenters. The molecule has 4 bridgehead atoms. The Kier molecular flexibility index (Phi) is 10.1. The van der Waals surface area contributed by atoms with Gasteiger partial charge in [-0.1, -0.05) is 25.9 Å². The second-order valence-electron chi connectivity index (χ2n) is 12.5. The highest BCUT2D eigenvalue weighted by Crippen LogP contribution is 2.40. The van der Waals surface area contributed by atoms with E-state index in [9.17, 15) is 19.2 Å². The molecule has 13 heteroatoms. The molecule has 13 nitrogen and oxygen atoms in total. The molecule has 3 N–H and O–H groups in total. The van der Waals surface area contributed by atoms with Crippen molar-refractivity contribution in [1.29, 1.82) is 0 Å². The van der Waals surface area contributed by atoms with Crippen LogP contribution in [0.25, 0.3) is 11.1 Å². The Morgan fingerprint density at radius 2 is 1.85 bits per heavy atom. The topological polar surface area (TPSA) is 165 Å². The summed E-state index contributed by atoms with van der Waals surface area (Å²) in [5.41, 5.74) is 1.15. The number of aromatic nitrogens is 2. The quantitative estimate of drug-likeness (QED) is 0.349. The van der Waals surface area contributed by atoms with Crippen molar-refractivity contribution >= 4 is 23.6 Å². The van der Waals surface area contributed by atoms with E-state index in [4.69, 9.17) is 14.0 Å². The minimum Gasteiger partial charge on any atom is -0.493 e. The highest BCUT2D eigenvalue weighted by atomic mass is 16.5. The average molecular weight is 647 g/mol. The van der Waals surface area contributed by atoms with Gasteiger partial charge in [-0.05, 0) is 55.4 Å². The number of hydrogen-bond donors (Lipinski definition) is 3. The van der Waals surface area contributed by atoms with Gasteiger partial charge in [0.05, 0.1) is 19.8 Å². The van der Waals surface area contributed by atoms with E-state index in [0.29, 0.717) is 59.6 Å². The molecule has 1 aromatic carbocycles. The Morgan fingerprint density at radius 3 is 2.53 bits per heavy atom. The number of amides is 4. The van der Waals surface area contributed by atoms with Crippen LogP contribution in [-0.2, 0) is 22.6 Å². The van der Waals surface area contributed by atoms with Gasteiger partial charge in [-0.25, -0.2) is 0 Å². The highest BCUT2D eigenvalue weighted by Gasteiger charge is 2.52. The maximum Gasteiger partial charge on any atom is 0.276 e. The molecule has 3 aromatic rings. The van der Waals surface area contributed by atoms with Crippen LogP contribution in [0.3, 0.4) is 0 Å². The van der Waals surface area contributed by atoms with E-state index in [1.807, 2.05) is 26.8 Å². The molecule has 4 amide bonds. The molecule has 0 radical (unpaired) electrons. The Morgan fingerprint density at radius 1 is 1.09 bits per heavy atom. The van der Waals surface area contributed by atoms with Gasteiger partial charge in [0, 0.05) is 55.6 Å². The number of hydrogen-bond acceptors (Lipinski definition) is 9. The summed E-state index contributed by atoms with van der Waals surface area (Å²) in [7, 11) is 3.03. The monoisotopic (exact) mass is 646 g/mol. The number of methoxy groups -OCH3 is 2. The summed E-state index contributed by atoms with van der Waals surface area (Å²) >= 11 is 0. The number of rotatable bonds is 7. The minimum absolute atomic E-state index is 0.101. The molecule has 0 unspecified atom stereocenters. The van der Waals surface area contributed by atoms with Crippen LogP contribution in [0, 0.1) is 5.92 Å². The summed E-state index contributed by atoms with van der Waals surface area (Å²) in [6.45, 7) is 6.31. The van der Waals surface area contributed by atoms with E-state index < -0.39 is 23.4 Å². The zero-order valence-corrected chi connectivity index (χ0v) is 27.5. The molecule has 1 aliphatic carbocycles. The molecule has 2 aromatic heterocycles. The van der Waals surface area contributed by atoms with Crippen LogP contribution < -0.4 is 25.4 Å². The van der Waals surface area contributed by atoms with Gasteiger partial charge in [-0.2, -0.15) is 0 Å². The first-order valence-electron chi connectivity index (χ1n) is 15.9. The van der Waals surface area contributed by atoms with Gasteiger partial charge < -0.3 is 34.8 Å². The summed E-state index contributed by atoms with van der Waals surface area (Å²) in [5.74, 6) is -0.0837. The van der Waals surface area contributed by atoms with Crippen LogP contribution in [0.2, 0.25) is 0 Å². The van der Waals surface area contributed by atoms with Gasteiger partial charge in [0.15, 0.2) is 17.2 Å². The van der Waals surface area contributed by atoms with Crippen molar-refractivity contribution in [3.05, 3.63) is 59.2 Å². The molecule has 250 valence electrons. The third kappa shape index (κ3) is 7.55. The molecule has 47 heavy (non-hydrogen) atoms. The predicted octanol–water partition coefficient (Wildman–Crippen LogP) is 3.27. The van der Waals surface area contributed by atoms with E-state index in [1.54, 1.807) is 29.3 Å². The third-order valence-electron chi connectivity index (χ3n) is 8.33. The molecule has 1 fully saturated rings.